The maximum absolute atomic E-state index is 12.4. The van der Waals surface area contributed by atoms with E-state index in [0.717, 1.165) is 35.5 Å². The molecule has 0 aliphatic rings. The van der Waals surface area contributed by atoms with Crippen LogP contribution in [0.4, 0.5) is 11.4 Å². The highest BCUT2D eigenvalue weighted by Crippen LogP contribution is 2.19. The number of rotatable bonds is 6. The predicted molar refractivity (Wildman–Crippen MR) is 96.1 cm³/mol. The molecule has 1 aromatic carbocycles. The molecule has 0 saturated heterocycles. The van der Waals surface area contributed by atoms with Crippen molar-refractivity contribution in [2.45, 2.75) is 34.1 Å². The first-order valence-electron chi connectivity index (χ1n) is 8.05. The second-order valence-electron chi connectivity index (χ2n) is 6.24. The van der Waals surface area contributed by atoms with Crippen LogP contribution in [0.1, 0.15) is 41.9 Å². The van der Waals surface area contributed by atoms with Crippen LogP contribution in [0.3, 0.4) is 0 Å². The lowest BCUT2D eigenvalue weighted by Crippen LogP contribution is -2.15. The smallest absolute Gasteiger partial charge is 0.274 e. The monoisotopic (exact) mass is 311 g/mol. The molecule has 0 radical (unpaired) electrons. The molecular weight excluding hydrogens is 286 g/mol. The highest BCUT2D eigenvalue weighted by Gasteiger charge is 2.10. The van der Waals surface area contributed by atoms with Crippen LogP contribution in [-0.4, -0.2) is 17.4 Å². The Balaban J connectivity index is 2.06. The average molecular weight is 311 g/mol. The van der Waals surface area contributed by atoms with E-state index in [1.807, 2.05) is 38.1 Å². The van der Waals surface area contributed by atoms with E-state index in [1.54, 1.807) is 12.3 Å². The van der Waals surface area contributed by atoms with Crippen molar-refractivity contribution in [3.8, 4) is 0 Å². The van der Waals surface area contributed by atoms with Gasteiger partial charge in [0.15, 0.2) is 0 Å². The first kappa shape index (κ1) is 17.0. The number of hydrogen-bond acceptors (Lipinski definition) is 3. The Kier molecular flexibility index (Phi) is 5.74. The maximum Gasteiger partial charge on any atom is 0.274 e. The van der Waals surface area contributed by atoms with Crippen molar-refractivity contribution >= 4 is 17.3 Å². The molecule has 0 bridgehead atoms. The van der Waals surface area contributed by atoms with Crippen molar-refractivity contribution in [1.29, 1.82) is 0 Å². The number of benzene rings is 1. The lowest BCUT2D eigenvalue weighted by molar-refractivity contribution is 0.102. The van der Waals surface area contributed by atoms with E-state index < -0.39 is 0 Å². The zero-order valence-corrected chi connectivity index (χ0v) is 14.3. The summed E-state index contributed by atoms with van der Waals surface area (Å²) in [4.78, 5) is 16.6. The molecule has 1 amide bonds. The predicted octanol–water partition coefficient (Wildman–Crippen LogP) is 4.41. The number of carbonyl (C=O) groups excluding carboxylic acids is 1. The molecule has 2 rings (SSSR count). The van der Waals surface area contributed by atoms with E-state index in [2.05, 4.69) is 29.5 Å². The van der Waals surface area contributed by atoms with Gasteiger partial charge in [-0.3, -0.25) is 9.78 Å². The number of hydrogen-bond donors (Lipinski definition) is 2. The van der Waals surface area contributed by atoms with Gasteiger partial charge in [-0.05, 0) is 55.5 Å². The Labute approximate surface area is 138 Å². The molecule has 1 aromatic heterocycles. The van der Waals surface area contributed by atoms with Gasteiger partial charge in [0.25, 0.3) is 5.91 Å². The fourth-order valence-electron chi connectivity index (χ4n) is 2.24. The fourth-order valence-corrected chi connectivity index (χ4v) is 2.24. The van der Waals surface area contributed by atoms with E-state index in [-0.39, 0.29) is 5.91 Å². The number of pyridine rings is 1. The SMILES string of the molecule is Cc1cccc(NC(=O)c2cc(NCCC(C)C)ccn2)c1C. The molecule has 0 spiro atoms. The van der Waals surface area contributed by atoms with Gasteiger partial charge in [0.2, 0.25) is 0 Å². The summed E-state index contributed by atoms with van der Waals surface area (Å²) in [5.41, 5.74) is 4.40. The molecule has 2 N–H and O–H groups in total. The Morgan fingerprint density at radius 3 is 2.74 bits per heavy atom. The van der Waals surface area contributed by atoms with Gasteiger partial charge in [-0.15, -0.1) is 0 Å². The summed E-state index contributed by atoms with van der Waals surface area (Å²) in [7, 11) is 0. The number of aryl methyl sites for hydroxylation is 1. The first-order valence-corrected chi connectivity index (χ1v) is 8.05. The van der Waals surface area contributed by atoms with Gasteiger partial charge in [-0.2, -0.15) is 0 Å². The fraction of sp³-hybridized carbons (Fsp3) is 0.368. The molecule has 0 fully saturated rings. The summed E-state index contributed by atoms with van der Waals surface area (Å²) in [5, 5.41) is 6.28. The number of anilines is 2. The van der Waals surface area contributed by atoms with Gasteiger partial charge < -0.3 is 10.6 Å². The third-order valence-corrected chi connectivity index (χ3v) is 3.90. The normalized spacial score (nSPS) is 10.7. The Morgan fingerprint density at radius 2 is 2.00 bits per heavy atom. The third kappa shape index (κ3) is 4.81. The lowest BCUT2D eigenvalue weighted by Gasteiger charge is -2.11. The Hall–Kier alpha value is -2.36. The van der Waals surface area contributed by atoms with E-state index >= 15 is 0 Å². The Morgan fingerprint density at radius 1 is 1.22 bits per heavy atom. The lowest BCUT2D eigenvalue weighted by atomic mass is 10.1. The molecular formula is C19H25N3O. The maximum atomic E-state index is 12.4. The molecule has 0 atom stereocenters. The van der Waals surface area contributed by atoms with Crippen LogP contribution in [0.25, 0.3) is 0 Å². The first-order chi connectivity index (χ1) is 11.0. The zero-order valence-electron chi connectivity index (χ0n) is 14.3. The summed E-state index contributed by atoms with van der Waals surface area (Å²) >= 11 is 0. The highest BCUT2D eigenvalue weighted by atomic mass is 16.1. The second-order valence-corrected chi connectivity index (χ2v) is 6.24. The molecule has 0 saturated carbocycles. The number of aromatic nitrogens is 1. The minimum atomic E-state index is -0.189. The van der Waals surface area contributed by atoms with Crippen LogP contribution in [0.5, 0.6) is 0 Å². The van der Waals surface area contributed by atoms with E-state index in [0.29, 0.717) is 11.6 Å². The molecule has 0 aliphatic carbocycles. The van der Waals surface area contributed by atoms with Crippen molar-refractivity contribution in [2.75, 3.05) is 17.2 Å². The molecule has 4 nitrogen and oxygen atoms in total. The van der Waals surface area contributed by atoms with Gasteiger partial charge in [-0.1, -0.05) is 26.0 Å². The highest BCUT2D eigenvalue weighted by molar-refractivity contribution is 6.03. The number of nitrogens with one attached hydrogen (secondary N) is 2. The van der Waals surface area contributed by atoms with Crippen LogP contribution >= 0.6 is 0 Å². The molecule has 4 heteroatoms. The van der Waals surface area contributed by atoms with E-state index in [1.165, 1.54) is 0 Å². The van der Waals surface area contributed by atoms with E-state index in [4.69, 9.17) is 0 Å². The van der Waals surface area contributed by atoms with Crippen molar-refractivity contribution in [2.24, 2.45) is 5.92 Å². The van der Waals surface area contributed by atoms with Crippen molar-refractivity contribution in [1.82, 2.24) is 4.98 Å². The summed E-state index contributed by atoms with van der Waals surface area (Å²) in [6.07, 6.45) is 2.75. The summed E-state index contributed by atoms with van der Waals surface area (Å²) in [6.45, 7) is 9.30. The van der Waals surface area contributed by atoms with Crippen LogP contribution in [0.15, 0.2) is 36.5 Å². The molecule has 23 heavy (non-hydrogen) atoms. The minimum Gasteiger partial charge on any atom is -0.385 e. The minimum absolute atomic E-state index is 0.189. The van der Waals surface area contributed by atoms with Crippen molar-refractivity contribution in [3.05, 3.63) is 53.3 Å². The standard InChI is InChI=1S/C19H25N3O/c1-13(2)8-10-20-16-9-11-21-18(12-16)19(23)22-17-7-5-6-14(3)15(17)4/h5-7,9,11-13H,8,10H2,1-4H3,(H,20,21)(H,22,23). The summed E-state index contributed by atoms with van der Waals surface area (Å²) in [6, 6.07) is 9.55. The van der Waals surface area contributed by atoms with E-state index in [9.17, 15) is 4.79 Å². The van der Waals surface area contributed by atoms with Crippen LogP contribution < -0.4 is 10.6 Å². The number of nitrogens with zero attached hydrogens (tertiary/aromatic N) is 1. The average Bonchev–Trinajstić information content (AvgIpc) is 2.52. The summed E-state index contributed by atoms with van der Waals surface area (Å²) in [5.74, 6) is 0.461. The number of carbonyl (C=O) groups is 1. The van der Waals surface area contributed by atoms with Crippen molar-refractivity contribution < 1.29 is 4.79 Å². The molecule has 0 aliphatic heterocycles. The third-order valence-electron chi connectivity index (χ3n) is 3.90. The van der Waals surface area contributed by atoms with Crippen LogP contribution in [0, 0.1) is 19.8 Å². The van der Waals surface area contributed by atoms with Crippen LogP contribution in [0.2, 0.25) is 0 Å². The zero-order chi connectivity index (χ0) is 16.8. The number of amides is 1. The second kappa shape index (κ2) is 7.77. The van der Waals surface area contributed by atoms with Gasteiger partial charge in [0, 0.05) is 24.1 Å². The van der Waals surface area contributed by atoms with Crippen molar-refractivity contribution in [3.63, 3.8) is 0 Å². The van der Waals surface area contributed by atoms with Gasteiger partial charge in [0.05, 0.1) is 0 Å². The molecule has 0 unspecified atom stereocenters. The van der Waals surface area contributed by atoms with Gasteiger partial charge >= 0.3 is 0 Å². The van der Waals surface area contributed by atoms with Gasteiger partial charge in [0.1, 0.15) is 5.69 Å². The van der Waals surface area contributed by atoms with Crippen LogP contribution in [-0.2, 0) is 0 Å². The summed E-state index contributed by atoms with van der Waals surface area (Å²) < 4.78 is 0. The molecule has 2 aromatic rings. The quantitative estimate of drug-likeness (QED) is 0.831. The van der Waals surface area contributed by atoms with Gasteiger partial charge in [-0.25, -0.2) is 0 Å². The topological polar surface area (TPSA) is 54.0 Å². The molecule has 122 valence electrons. The Bertz CT molecular complexity index is 680. The molecule has 1 heterocycles. The largest absolute Gasteiger partial charge is 0.385 e.